The molecule has 0 aliphatic rings. The van der Waals surface area contributed by atoms with Crippen molar-refractivity contribution >= 4 is 12.1 Å². The van der Waals surface area contributed by atoms with Gasteiger partial charge in [-0.05, 0) is 46.2 Å². The topological polar surface area (TPSA) is 83.1 Å². The molecule has 0 fully saturated rings. The Morgan fingerprint density at radius 3 is 2.48 bits per heavy atom. The van der Waals surface area contributed by atoms with Crippen LogP contribution in [0.15, 0.2) is 18.2 Å². The minimum atomic E-state index is -0.532. The third-order valence-electron chi connectivity index (χ3n) is 2.92. The van der Waals surface area contributed by atoms with Crippen molar-refractivity contribution in [3.63, 3.8) is 0 Å². The lowest BCUT2D eigenvalue weighted by Crippen LogP contribution is -2.33. The van der Waals surface area contributed by atoms with E-state index in [1.807, 2.05) is 6.92 Å². The molecule has 0 aliphatic heterocycles. The van der Waals surface area contributed by atoms with E-state index in [4.69, 9.17) is 18.9 Å². The third-order valence-corrected chi connectivity index (χ3v) is 2.92. The van der Waals surface area contributed by atoms with Gasteiger partial charge in [0, 0.05) is 12.6 Å². The van der Waals surface area contributed by atoms with Gasteiger partial charge in [-0.1, -0.05) is 0 Å². The molecule has 1 amide bonds. The van der Waals surface area contributed by atoms with Crippen molar-refractivity contribution in [3.05, 3.63) is 23.8 Å². The first-order valence-electron chi connectivity index (χ1n) is 8.21. The van der Waals surface area contributed by atoms with Crippen LogP contribution in [0, 0.1) is 0 Å². The van der Waals surface area contributed by atoms with Gasteiger partial charge in [0.05, 0.1) is 20.3 Å². The summed E-state index contributed by atoms with van der Waals surface area (Å²) >= 11 is 0. The molecule has 0 aliphatic carbocycles. The van der Waals surface area contributed by atoms with E-state index in [9.17, 15) is 9.59 Å². The van der Waals surface area contributed by atoms with E-state index in [1.165, 1.54) is 7.11 Å². The summed E-state index contributed by atoms with van der Waals surface area (Å²) in [4.78, 5) is 23.3. The van der Waals surface area contributed by atoms with Gasteiger partial charge in [0.2, 0.25) is 0 Å². The van der Waals surface area contributed by atoms with Gasteiger partial charge in [0.15, 0.2) is 0 Å². The van der Waals surface area contributed by atoms with E-state index in [2.05, 4.69) is 5.32 Å². The Morgan fingerprint density at radius 2 is 1.88 bits per heavy atom. The first-order valence-corrected chi connectivity index (χ1v) is 8.21. The lowest BCUT2D eigenvalue weighted by atomic mass is 10.2. The second-order valence-electron chi connectivity index (χ2n) is 6.21. The molecular weight excluding hydrogens is 326 g/mol. The Morgan fingerprint density at radius 1 is 1.16 bits per heavy atom. The lowest BCUT2D eigenvalue weighted by molar-refractivity contribution is 0.0525. The Hall–Kier alpha value is -2.44. The number of methoxy groups -OCH3 is 1. The second-order valence-corrected chi connectivity index (χ2v) is 6.21. The molecule has 1 aromatic rings. The fourth-order valence-corrected chi connectivity index (χ4v) is 1.92. The monoisotopic (exact) mass is 353 g/mol. The fraction of sp³-hybridized carbons (Fsp3) is 0.556. The van der Waals surface area contributed by atoms with Crippen LogP contribution in [0.2, 0.25) is 0 Å². The van der Waals surface area contributed by atoms with E-state index in [1.54, 1.807) is 39.0 Å². The van der Waals surface area contributed by atoms with Crippen molar-refractivity contribution in [2.24, 2.45) is 0 Å². The van der Waals surface area contributed by atoms with Crippen molar-refractivity contribution in [1.29, 1.82) is 0 Å². The summed E-state index contributed by atoms with van der Waals surface area (Å²) in [6.45, 7) is 8.50. The van der Waals surface area contributed by atoms with Crippen LogP contribution in [-0.2, 0) is 9.47 Å². The van der Waals surface area contributed by atoms with Gasteiger partial charge in [-0.3, -0.25) is 0 Å². The molecule has 0 saturated heterocycles. The number of benzene rings is 1. The molecular formula is C18H27NO6. The van der Waals surface area contributed by atoms with Gasteiger partial charge in [-0.2, -0.15) is 0 Å². The molecule has 0 radical (unpaired) electrons. The van der Waals surface area contributed by atoms with E-state index in [-0.39, 0.29) is 0 Å². The summed E-state index contributed by atoms with van der Waals surface area (Å²) in [5.74, 6) is 0.511. The number of alkyl carbamates (subject to hydrolysis) is 1. The zero-order valence-electron chi connectivity index (χ0n) is 15.5. The standard InChI is InChI=1S/C18H27NO6/c1-6-23-13-8-9-14(16(20)22-5)15(12-13)24-11-7-10-19-17(21)25-18(2,3)4/h8-9,12H,6-7,10-11H2,1-5H3,(H,19,21). The summed E-state index contributed by atoms with van der Waals surface area (Å²) in [6, 6.07) is 4.94. The van der Waals surface area contributed by atoms with Crippen LogP contribution in [0.1, 0.15) is 44.5 Å². The van der Waals surface area contributed by atoms with Crippen LogP contribution < -0.4 is 14.8 Å². The second kappa shape index (κ2) is 9.76. The van der Waals surface area contributed by atoms with Crippen molar-refractivity contribution in [2.45, 2.75) is 39.7 Å². The number of carbonyl (C=O) groups excluding carboxylic acids is 2. The van der Waals surface area contributed by atoms with Gasteiger partial charge in [-0.25, -0.2) is 9.59 Å². The Labute approximate surface area is 148 Å². The molecule has 1 rings (SSSR count). The van der Waals surface area contributed by atoms with Crippen LogP contribution >= 0.6 is 0 Å². The SMILES string of the molecule is CCOc1ccc(C(=O)OC)c(OCCCNC(=O)OC(C)(C)C)c1. The molecule has 0 atom stereocenters. The first-order chi connectivity index (χ1) is 11.8. The number of hydrogen-bond donors (Lipinski definition) is 1. The molecule has 1 N–H and O–H groups in total. The summed E-state index contributed by atoms with van der Waals surface area (Å²) in [5, 5.41) is 2.65. The van der Waals surface area contributed by atoms with Crippen LogP contribution in [0.5, 0.6) is 11.5 Å². The quantitative estimate of drug-likeness (QED) is 0.571. The molecule has 140 valence electrons. The molecule has 0 aromatic heterocycles. The van der Waals surface area contributed by atoms with Gasteiger partial charge in [0.1, 0.15) is 22.7 Å². The van der Waals surface area contributed by atoms with E-state index in [0.717, 1.165) is 0 Å². The Kier molecular flexibility index (Phi) is 8.04. The molecule has 0 saturated carbocycles. The number of esters is 1. The van der Waals surface area contributed by atoms with Crippen LogP contribution in [0.25, 0.3) is 0 Å². The normalized spacial score (nSPS) is 10.8. The van der Waals surface area contributed by atoms with Crippen molar-refractivity contribution < 1.29 is 28.5 Å². The third kappa shape index (κ3) is 7.78. The van der Waals surface area contributed by atoms with E-state index >= 15 is 0 Å². The zero-order valence-corrected chi connectivity index (χ0v) is 15.5. The van der Waals surface area contributed by atoms with Crippen molar-refractivity contribution in [3.8, 4) is 11.5 Å². The average molecular weight is 353 g/mol. The predicted octanol–water partition coefficient (Wildman–Crippen LogP) is 3.17. The van der Waals surface area contributed by atoms with Crippen LogP contribution in [0.3, 0.4) is 0 Å². The van der Waals surface area contributed by atoms with Gasteiger partial charge >= 0.3 is 12.1 Å². The molecule has 7 heteroatoms. The molecule has 25 heavy (non-hydrogen) atoms. The minimum absolute atomic E-state index is 0.315. The maximum Gasteiger partial charge on any atom is 0.407 e. The maximum absolute atomic E-state index is 11.8. The predicted molar refractivity (Wildman–Crippen MR) is 93.3 cm³/mol. The number of ether oxygens (including phenoxy) is 4. The smallest absolute Gasteiger partial charge is 0.407 e. The van der Waals surface area contributed by atoms with Crippen LogP contribution in [0.4, 0.5) is 4.79 Å². The zero-order chi connectivity index (χ0) is 18.9. The van der Waals surface area contributed by atoms with Crippen molar-refractivity contribution in [1.82, 2.24) is 5.32 Å². The number of amides is 1. The number of carbonyl (C=O) groups is 2. The molecule has 0 heterocycles. The highest BCUT2D eigenvalue weighted by molar-refractivity contribution is 5.92. The summed E-state index contributed by atoms with van der Waals surface area (Å²) in [7, 11) is 1.31. The van der Waals surface area contributed by atoms with Gasteiger partial charge in [-0.15, -0.1) is 0 Å². The summed E-state index contributed by atoms with van der Waals surface area (Å²) in [5.41, 5.74) is -0.207. The van der Waals surface area contributed by atoms with Crippen molar-refractivity contribution in [2.75, 3.05) is 26.9 Å². The highest BCUT2D eigenvalue weighted by Crippen LogP contribution is 2.26. The maximum atomic E-state index is 11.8. The lowest BCUT2D eigenvalue weighted by Gasteiger charge is -2.19. The summed E-state index contributed by atoms with van der Waals surface area (Å²) in [6.07, 6.45) is 0.0831. The fourth-order valence-electron chi connectivity index (χ4n) is 1.92. The molecule has 1 aromatic carbocycles. The molecule has 0 unspecified atom stereocenters. The highest BCUT2D eigenvalue weighted by atomic mass is 16.6. The largest absolute Gasteiger partial charge is 0.494 e. The van der Waals surface area contributed by atoms with E-state index < -0.39 is 17.7 Å². The number of hydrogen-bond acceptors (Lipinski definition) is 6. The first kappa shape index (κ1) is 20.6. The average Bonchev–Trinajstić information content (AvgIpc) is 2.52. The number of rotatable bonds is 8. The molecule has 0 spiro atoms. The Balaban J connectivity index is 2.53. The molecule has 0 bridgehead atoms. The highest BCUT2D eigenvalue weighted by Gasteiger charge is 2.16. The van der Waals surface area contributed by atoms with E-state index in [0.29, 0.717) is 43.2 Å². The number of nitrogens with one attached hydrogen (secondary N) is 1. The van der Waals surface area contributed by atoms with Crippen LogP contribution in [-0.4, -0.2) is 44.5 Å². The minimum Gasteiger partial charge on any atom is -0.494 e. The molecule has 7 nitrogen and oxygen atoms in total. The van der Waals surface area contributed by atoms with Gasteiger partial charge in [0.25, 0.3) is 0 Å². The summed E-state index contributed by atoms with van der Waals surface area (Å²) < 4.78 is 21.0. The van der Waals surface area contributed by atoms with Gasteiger partial charge < -0.3 is 24.3 Å². The Bertz CT molecular complexity index is 579.